The first-order valence-corrected chi connectivity index (χ1v) is 12.4. The Balaban J connectivity index is 1.61. The Kier molecular flexibility index (Phi) is 5.71. The molecule has 4 rings (SSSR count). The van der Waals surface area contributed by atoms with E-state index in [0.29, 0.717) is 41.4 Å². The van der Waals surface area contributed by atoms with Gasteiger partial charge in [-0.2, -0.15) is 0 Å². The third-order valence-corrected chi connectivity index (χ3v) is 9.90. The van der Waals surface area contributed by atoms with E-state index in [1.54, 1.807) is 6.08 Å². The van der Waals surface area contributed by atoms with E-state index in [2.05, 4.69) is 59.8 Å². The summed E-state index contributed by atoms with van der Waals surface area (Å²) in [7, 11) is 0. The summed E-state index contributed by atoms with van der Waals surface area (Å²) in [6.07, 6.45) is 14.8. The molecule has 1 N–H and O–H groups in total. The monoisotopic (exact) mass is 410 g/mol. The first-order chi connectivity index (χ1) is 14.1. The second-order valence-electron chi connectivity index (χ2n) is 11.8. The summed E-state index contributed by atoms with van der Waals surface area (Å²) < 4.78 is 0. The number of allylic oxidation sites excluding steroid dienone is 4. The molecular weight excluding hydrogens is 368 g/mol. The maximum Gasteiger partial charge on any atom is 0.155 e. The minimum atomic E-state index is -0.573. The molecule has 0 aromatic heterocycles. The van der Waals surface area contributed by atoms with Gasteiger partial charge in [0.2, 0.25) is 0 Å². The molecule has 2 heteroatoms. The molecule has 4 aliphatic rings. The average molecular weight is 411 g/mol. The maximum absolute atomic E-state index is 12.1. The van der Waals surface area contributed by atoms with Crippen LogP contribution in [0.3, 0.4) is 0 Å². The fraction of sp³-hybridized carbons (Fsp3) is 0.750. The largest absolute Gasteiger partial charge is 0.385 e. The molecule has 8 atom stereocenters. The van der Waals surface area contributed by atoms with Crippen LogP contribution in [0, 0.1) is 46.3 Å². The first-order valence-electron chi connectivity index (χ1n) is 12.4. The number of hydrogen-bond acceptors (Lipinski definition) is 2. The van der Waals surface area contributed by atoms with Crippen LogP contribution < -0.4 is 0 Å². The highest BCUT2D eigenvalue weighted by atomic mass is 16.3. The molecule has 0 aromatic rings. The van der Waals surface area contributed by atoms with Gasteiger partial charge in [0.25, 0.3) is 0 Å². The van der Waals surface area contributed by atoms with Crippen molar-refractivity contribution in [3.63, 3.8) is 0 Å². The summed E-state index contributed by atoms with van der Waals surface area (Å²) in [5, 5.41) is 11.0. The van der Waals surface area contributed by atoms with Gasteiger partial charge in [-0.15, -0.1) is 0 Å². The molecule has 0 spiro atoms. The maximum atomic E-state index is 12.1. The van der Waals surface area contributed by atoms with Crippen molar-refractivity contribution < 1.29 is 9.90 Å². The van der Waals surface area contributed by atoms with Crippen molar-refractivity contribution in [3.8, 4) is 0 Å². The summed E-state index contributed by atoms with van der Waals surface area (Å²) in [6.45, 7) is 14.2. The van der Waals surface area contributed by atoms with E-state index >= 15 is 0 Å². The summed E-state index contributed by atoms with van der Waals surface area (Å²) in [4.78, 5) is 12.1. The molecule has 166 valence electrons. The second kappa shape index (κ2) is 7.76. The molecule has 2 nitrogen and oxygen atoms in total. The van der Waals surface area contributed by atoms with Gasteiger partial charge in [-0.3, -0.25) is 4.79 Å². The van der Waals surface area contributed by atoms with Crippen molar-refractivity contribution >= 4 is 5.78 Å². The molecule has 2 fully saturated rings. The molecule has 0 saturated heterocycles. The average Bonchev–Trinajstić information content (AvgIpc) is 3.04. The van der Waals surface area contributed by atoms with Gasteiger partial charge in [0.1, 0.15) is 0 Å². The van der Waals surface area contributed by atoms with E-state index < -0.39 is 6.10 Å². The predicted molar refractivity (Wildman–Crippen MR) is 124 cm³/mol. The van der Waals surface area contributed by atoms with Gasteiger partial charge < -0.3 is 5.11 Å². The lowest BCUT2D eigenvalue weighted by Crippen LogP contribution is -2.48. The van der Waals surface area contributed by atoms with Crippen LogP contribution in [-0.4, -0.2) is 17.0 Å². The van der Waals surface area contributed by atoms with E-state index in [1.165, 1.54) is 31.3 Å². The van der Waals surface area contributed by atoms with Gasteiger partial charge >= 0.3 is 0 Å². The highest BCUT2D eigenvalue weighted by Gasteiger charge is 2.57. The SMILES string of the molecule is CC(C)[C@@H](C)C=C[C@@H](C)[C@H]1CC[C@H]2C3=C[C@@H](O)C4=CC(=O)CC[C@]4(C)[C@H]3CC[C@]12C. The van der Waals surface area contributed by atoms with Gasteiger partial charge in [-0.1, -0.05) is 65.3 Å². The van der Waals surface area contributed by atoms with Crippen LogP contribution in [0.5, 0.6) is 0 Å². The van der Waals surface area contributed by atoms with Crippen molar-refractivity contribution in [2.24, 2.45) is 46.3 Å². The van der Waals surface area contributed by atoms with Crippen LogP contribution in [0.25, 0.3) is 0 Å². The van der Waals surface area contributed by atoms with Crippen molar-refractivity contribution in [1.82, 2.24) is 0 Å². The molecule has 4 aliphatic carbocycles. The summed E-state index contributed by atoms with van der Waals surface area (Å²) in [6, 6.07) is 0. The number of aliphatic hydroxyl groups is 1. The smallest absolute Gasteiger partial charge is 0.155 e. The number of fused-ring (bicyclic) bond motifs is 5. The lowest BCUT2D eigenvalue weighted by molar-refractivity contribution is -0.116. The normalized spacial score (nSPS) is 43.0. The van der Waals surface area contributed by atoms with Crippen LogP contribution >= 0.6 is 0 Å². The number of carbonyl (C=O) groups is 1. The number of carbonyl (C=O) groups excluding carboxylic acids is 1. The predicted octanol–water partition coefficient (Wildman–Crippen LogP) is 6.51. The van der Waals surface area contributed by atoms with Gasteiger partial charge in [0.05, 0.1) is 6.10 Å². The minimum absolute atomic E-state index is 0.0327. The Morgan fingerprint density at radius 1 is 1.03 bits per heavy atom. The van der Waals surface area contributed by atoms with E-state index in [9.17, 15) is 9.90 Å². The van der Waals surface area contributed by atoms with Crippen LogP contribution in [0.15, 0.2) is 35.5 Å². The number of aliphatic hydroxyl groups excluding tert-OH is 1. The molecule has 0 radical (unpaired) electrons. The van der Waals surface area contributed by atoms with Crippen LogP contribution in [0.1, 0.15) is 80.1 Å². The van der Waals surface area contributed by atoms with Gasteiger partial charge in [-0.05, 0) is 90.1 Å². The molecule has 2 saturated carbocycles. The Bertz CT molecular complexity index is 786. The summed E-state index contributed by atoms with van der Waals surface area (Å²) >= 11 is 0. The molecule has 0 heterocycles. The van der Waals surface area contributed by atoms with Crippen LogP contribution in [-0.2, 0) is 4.79 Å². The zero-order valence-corrected chi connectivity index (χ0v) is 19.9. The quantitative estimate of drug-likeness (QED) is 0.536. The van der Waals surface area contributed by atoms with Crippen LogP contribution in [0.4, 0.5) is 0 Å². The topological polar surface area (TPSA) is 37.3 Å². The number of ketones is 1. The van der Waals surface area contributed by atoms with E-state index in [4.69, 9.17) is 0 Å². The van der Waals surface area contributed by atoms with E-state index in [-0.39, 0.29) is 11.2 Å². The zero-order valence-electron chi connectivity index (χ0n) is 19.9. The first kappa shape index (κ1) is 22.1. The van der Waals surface area contributed by atoms with Crippen molar-refractivity contribution in [2.75, 3.05) is 0 Å². The van der Waals surface area contributed by atoms with Crippen molar-refractivity contribution in [2.45, 2.75) is 86.2 Å². The molecule has 30 heavy (non-hydrogen) atoms. The lowest BCUT2D eigenvalue weighted by Gasteiger charge is -2.55. The number of rotatable bonds is 4. The number of hydrogen-bond donors (Lipinski definition) is 1. The zero-order chi connectivity index (χ0) is 21.8. The molecule has 0 aromatic carbocycles. The molecule has 0 bridgehead atoms. The van der Waals surface area contributed by atoms with E-state index in [0.717, 1.165) is 17.9 Å². The van der Waals surface area contributed by atoms with E-state index in [1.807, 2.05) is 0 Å². The minimum Gasteiger partial charge on any atom is -0.385 e. The van der Waals surface area contributed by atoms with Crippen molar-refractivity contribution in [1.29, 1.82) is 0 Å². The van der Waals surface area contributed by atoms with Gasteiger partial charge in [0.15, 0.2) is 5.78 Å². The standard InChI is InChI=1S/C28H42O2/c1-17(2)18(3)7-8-19(4)22-9-10-23-21-16-26(30)25-15-20(29)11-13-28(25,6)24(21)12-14-27(22,23)5/h7-8,15-19,22-24,26,30H,9-14H2,1-6H3/t18-,19+,22+,23-,24-,26+,27+,28+/m0/s1. The Morgan fingerprint density at radius 3 is 2.47 bits per heavy atom. The Morgan fingerprint density at radius 2 is 1.77 bits per heavy atom. The highest BCUT2D eigenvalue weighted by Crippen LogP contribution is 2.66. The summed E-state index contributed by atoms with van der Waals surface area (Å²) in [5.41, 5.74) is 2.81. The Hall–Kier alpha value is -1.15. The van der Waals surface area contributed by atoms with Gasteiger partial charge in [-0.25, -0.2) is 0 Å². The fourth-order valence-electron chi connectivity index (χ4n) is 7.53. The molecule has 0 aliphatic heterocycles. The Labute approximate surface area is 183 Å². The van der Waals surface area contributed by atoms with Crippen LogP contribution in [0.2, 0.25) is 0 Å². The lowest BCUT2D eigenvalue weighted by atomic mass is 9.49. The highest BCUT2D eigenvalue weighted by molar-refractivity contribution is 5.92. The third kappa shape index (κ3) is 3.38. The van der Waals surface area contributed by atoms with Crippen molar-refractivity contribution in [3.05, 3.63) is 35.5 Å². The molecule has 0 amide bonds. The molecular formula is C28H42O2. The third-order valence-electron chi connectivity index (χ3n) is 9.90. The fourth-order valence-corrected chi connectivity index (χ4v) is 7.53. The molecule has 0 unspecified atom stereocenters. The van der Waals surface area contributed by atoms with Gasteiger partial charge in [0, 0.05) is 6.42 Å². The second-order valence-corrected chi connectivity index (χ2v) is 11.8. The summed E-state index contributed by atoms with van der Waals surface area (Å²) in [5.74, 6) is 3.92.